The van der Waals surface area contributed by atoms with E-state index in [2.05, 4.69) is 4.98 Å². The molecule has 1 atom stereocenters. The lowest BCUT2D eigenvalue weighted by Crippen LogP contribution is -2.38. The number of nitrogens with two attached hydrogens (primary N) is 1. The van der Waals surface area contributed by atoms with Gasteiger partial charge in [-0.1, -0.05) is 0 Å². The number of carbonyl (C=O) groups excluding carboxylic acids is 2. The maximum atomic E-state index is 12.7. The molecular formula is C12H14FN3O2. The number of likely N-dealkylation sites (tertiary alicyclic amines) is 1. The predicted molar refractivity (Wildman–Crippen MR) is 62.0 cm³/mol. The van der Waals surface area contributed by atoms with Crippen LogP contribution in [0.5, 0.6) is 0 Å². The summed E-state index contributed by atoms with van der Waals surface area (Å²) in [6.45, 7) is 2.50. The first-order valence-electron chi connectivity index (χ1n) is 5.63. The Labute approximate surface area is 104 Å². The van der Waals surface area contributed by atoms with Crippen LogP contribution in [0.15, 0.2) is 18.3 Å². The molecule has 1 fully saturated rings. The van der Waals surface area contributed by atoms with Crippen molar-refractivity contribution in [2.75, 3.05) is 13.1 Å². The highest BCUT2D eigenvalue weighted by Gasteiger charge is 2.40. The number of nitrogens with zero attached hydrogens (tertiary/aromatic N) is 2. The second kappa shape index (κ2) is 4.36. The molecule has 2 amide bonds. The molecule has 96 valence electrons. The van der Waals surface area contributed by atoms with E-state index in [1.54, 1.807) is 11.8 Å². The van der Waals surface area contributed by atoms with Crippen LogP contribution < -0.4 is 5.73 Å². The molecule has 0 spiro atoms. The van der Waals surface area contributed by atoms with Gasteiger partial charge in [-0.3, -0.25) is 9.59 Å². The zero-order valence-corrected chi connectivity index (χ0v) is 10.0. The molecule has 1 unspecified atom stereocenters. The molecule has 2 N–H and O–H groups in total. The molecule has 0 saturated carbocycles. The van der Waals surface area contributed by atoms with E-state index in [1.165, 1.54) is 12.3 Å². The fourth-order valence-corrected chi connectivity index (χ4v) is 2.02. The van der Waals surface area contributed by atoms with Crippen molar-refractivity contribution in [1.82, 2.24) is 9.88 Å². The van der Waals surface area contributed by atoms with E-state index < -0.39 is 17.3 Å². The van der Waals surface area contributed by atoms with E-state index in [1.807, 2.05) is 0 Å². The fraction of sp³-hybridized carbons (Fsp3) is 0.417. The van der Waals surface area contributed by atoms with Crippen LogP contribution in [0.25, 0.3) is 0 Å². The molecule has 2 rings (SSSR count). The quantitative estimate of drug-likeness (QED) is 0.780. The number of rotatable bonds is 2. The average Bonchev–Trinajstić information content (AvgIpc) is 2.73. The molecule has 5 nitrogen and oxygen atoms in total. The predicted octanol–water partition coefficient (Wildman–Crippen LogP) is 0.558. The summed E-state index contributed by atoms with van der Waals surface area (Å²) in [5.74, 6) is -1.29. The highest BCUT2D eigenvalue weighted by atomic mass is 19.1. The second-order valence-corrected chi connectivity index (χ2v) is 4.77. The molecule has 1 aliphatic heterocycles. The van der Waals surface area contributed by atoms with Crippen molar-refractivity contribution in [2.24, 2.45) is 11.1 Å². The van der Waals surface area contributed by atoms with Crippen molar-refractivity contribution >= 4 is 11.8 Å². The molecule has 0 radical (unpaired) electrons. The van der Waals surface area contributed by atoms with Gasteiger partial charge >= 0.3 is 0 Å². The van der Waals surface area contributed by atoms with Crippen LogP contribution in [0.3, 0.4) is 0 Å². The summed E-state index contributed by atoms with van der Waals surface area (Å²) < 4.78 is 12.7. The van der Waals surface area contributed by atoms with Gasteiger partial charge in [-0.25, -0.2) is 4.98 Å². The van der Waals surface area contributed by atoms with Crippen LogP contribution in [0.2, 0.25) is 0 Å². The largest absolute Gasteiger partial charge is 0.369 e. The number of hydrogen-bond acceptors (Lipinski definition) is 3. The Morgan fingerprint density at radius 3 is 2.72 bits per heavy atom. The number of amides is 2. The molecule has 0 bridgehead atoms. The molecule has 1 saturated heterocycles. The van der Waals surface area contributed by atoms with Crippen molar-refractivity contribution in [3.05, 3.63) is 29.8 Å². The maximum Gasteiger partial charge on any atom is 0.255 e. The van der Waals surface area contributed by atoms with Gasteiger partial charge in [0.15, 0.2) is 0 Å². The van der Waals surface area contributed by atoms with Crippen LogP contribution in [-0.2, 0) is 4.79 Å². The van der Waals surface area contributed by atoms with Gasteiger partial charge in [0.25, 0.3) is 5.91 Å². The Bertz CT molecular complexity index is 489. The summed E-state index contributed by atoms with van der Waals surface area (Å²) in [6, 6.07) is 2.52. The van der Waals surface area contributed by atoms with Gasteiger partial charge in [-0.15, -0.1) is 0 Å². The van der Waals surface area contributed by atoms with Crippen LogP contribution in [0.1, 0.15) is 23.7 Å². The Morgan fingerprint density at radius 2 is 2.22 bits per heavy atom. The molecule has 1 aromatic heterocycles. The smallest absolute Gasteiger partial charge is 0.255 e. The summed E-state index contributed by atoms with van der Waals surface area (Å²) >= 11 is 0. The third kappa shape index (κ3) is 2.18. The minimum Gasteiger partial charge on any atom is -0.369 e. The number of halogens is 1. The number of aromatic nitrogens is 1. The zero-order chi connectivity index (χ0) is 13.3. The van der Waals surface area contributed by atoms with Crippen LogP contribution >= 0.6 is 0 Å². The van der Waals surface area contributed by atoms with E-state index in [0.29, 0.717) is 25.1 Å². The number of carbonyl (C=O) groups is 2. The molecule has 1 aliphatic rings. The SMILES string of the molecule is CC1(C(N)=O)CCN(C(=O)c2ccc(F)nc2)C1. The summed E-state index contributed by atoms with van der Waals surface area (Å²) in [4.78, 5) is 28.4. The van der Waals surface area contributed by atoms with E-state index in [0.717, 1.165) is 6.07 Å². The Morgan fingerprint density at radius 1 is 1.50 bits per heavy atom. The standard InChI is InChI=1S/C12H14FN3O2/c1-12(11(14)18)4-5-16(7-12)10(17)8-2-3-9(13)15-6-8/h2-3,6H,4-5,7H2,1H3,(H2,14,18). The third-order valence-electron chi connectivity index (χ3n) is 3.33. The Kier molecular flexibility index (Phi) is 3.02. The number of pyridine rings is 1. The van der Waals surface area contributed by atoms with Gasteiger partial charge in [-0.2, -0.15) is 4.39 Å². The van der Waals surface area contributed by atoms with Crippen molar-refractivity contribution in [1.29, 1.82) is 0 Å². The van der Waals surface area contributed by atoms with Gasteiger partial charge in [0, 0.05) is 19.3 Å². The first kappa shape index (κ1) is 12.5. The number of hydrogen-bond donors (Lipinski definition) is 1. The molecule has 1 aromatic rings. The first-order valence-corrected chi connectivity index (χ1v) is 5.63. The van der Waals surface area contributed by atoms with Crippen molar-refractivity contribution in [3.63, 3.8) is 0 Å². The van der Waals surface area contributed by atoms with E-state index in [4.69, 9.17) is 5.73 Å². The lowest BCUT2D eigenvalue weighted by atomic mass is 9.89. The van der Waals surface area contributed by atoms with Gasteiger partial charge in [0.05, 0.1) is 11.0 Å². The summed E-state index contributed by atoms with van der Waals surface area (Å²) in [6.07, 6.45) is 1.74. The van der Waals surface area contributed by atoms with Crippen molar-refractivity contribution in [3.8, 4) is 0 Å². The van der Waals surface area contributed by atoms with Crippen molar-refractivity contribution in [2.45, 2.75) is 13.3 Å². The summed E-state index contributed by atoms with van der Waals surface area (Å²) in [5, 5.41) is 0. The molecule has 18 heavy (non-hydrogen) atoms. The van der Waals surface area contributed by atoms with Crippen molar-refractivity contribution < 1.29 is 14.0 Å². The Balaban J connectivity index is 2.12. The lowest BCUT2D eigenvalue weighted by molar-refractivity contribution is -0.126. The summed E-state index contributed by atoms with van der Waals surface area (Å²) in [7, 11) is 0. The van der Waals surface area contributed by atoms with Crippen LogP contribution in [0, 0.1) is 11.4 Å². The van der Waals surface area contributed by atoms with Gasteiger partial charge in [0.1, 0.15) is 0 Å². The minimum absolute atomic E-state index is 0.257. The second-order valence-electron chi connectivity index (χ2n) is 4.77. The van der Waals surface area contributed by atoms with E-state index in [-0.39, 0.29) is 5.91 Å². The lowest BCUT2D eigenvalue weighted by Gasteiger charge is -2.20. The molecule has 0 aliphatic carbocycles. The maximum absolute atomic E-state index is 12.7. The zero-order valence-electron chi connectivity index (χ0n) is 10.0. The highest BCUT2D eigenvalue weighted by molar-refractivity contribution is 5.95. The molecule has 6 heteroatoms. The number of primary amides is 1. The Hall–Kier alpha value is -1.98. The molecule has 2 heterocycles. The fourth-order valence-electron chi connectivity index (χ4n) is 2.02. The van der Waals surface area contributed by atoms with E-state index in [9.17, 15) is 14.0 Å². The van der Waals surface area contributed by atoms with Crippen LogP contribution in [0.4, 0.5) is 4.39 Å². The van der Waals surface area contributed by atoms with Gasteiger partial charge < -0.3 is 10.6 Å². The molecule has 0 aromatic carbocycles. The van der Waals surface area contributed by atoms with Gasteiger partial charge in [-0.05, 0) is 25.5 Å². The topological polar surface area (TPSA) is 76.3 Å². The van der Waals surface area contributed by atoms with Gasteiger partial charge in [0.2, 0.25) is 11.9 Å². The summed E-state index contributed by atoms with van der Waals surface area (Å²) in [5.41, 5.74) is 4.95. The third-order valence-corrected chi connectivity index (χ3v) is 3.33. The monoisotopic (exact) mass is 251 g/mol. The highest BCUT2D eigenvalue weighted by Crippen LogP contribution is 2.30. The first-order chi connectivity index (χ1) is 8.42. The minimum atomic E-state index is -0.677. The normalized spacial score (nSPS) is 23.1. The average molecular weight is 251 g/mol. The van der Waals surface area contributed by atoms with Crippen LogP contribution in [-0.4, -0.2) is 34.8 Å². The van der Waals surface area contributed by atoms with E-state index >= 15 is 0 Å². The molecular weight excluding hydrogens is 237 g/mol.